The molecule has 28 heavy (non-hydrogen) atoms. The summed E-state index contributed by atoms with van der Waals surface area (Å²) < 4.78 is 19.2. The van der Waals surface area contributed by atoms with Gasteiger partial charge in [0.1, 0.15) is 11.6 Å². The van der Waals surface area contributed by atoms with Crippen LogP contribution in [0.2, 0.25) is 0 Å². The molecule has 3 aromatic rings. The topological polar surface area (TPSA) is 128 Å². The van der Waals surface area contributed by atoms with E-state index >= 15 is 0 Å². The van der Waals surface area contributed by atoms with Crippen LogP contribution in [0, 0.1) is 15.9 Å². The summed E-state index contributed by atoms with van der Waals surface area (Å²) in [5.74, 6) is -0.426. The van der Waals surface area contributed by atoms with Gasteiger partial charge in [0.15, 0.2) is 0 Å². The third-order valence-corrected chi connectivity index (χ3v) is 3.64. The lowest BCUT2D eigenvalue weighted by molar-refractivity contribution is -0.383. The molecule has 1 heterocycles. The SMILES string of the molecule is CCOc1ccc(Nc2nc(Nc3ccccc3F)nc(N)c2[N+](=O)[O-])cc1. The lowest BCUT2D eigenvalue weighted by Crippen LogP contribution is -2.09. The van der Waals surface area contributed by atoms with E-state index in [1.165, 1.54) is 18.2 Å². The molecule has 1 aromatic heterocycles. The zero-order valence-electron chi connectivity index (χ0n) is 14.8. The molecule has 0 unspecified atom stereocenters. The van der Waals surface area contributed by atoms with Gasteiger partial charge in [-0.15, -0.1) is 0 Å². The van der Waals surface area contributed by atoms with Crippen molar-refractivity contribution in [3.05, 3.63) is 64.5 Å². The van der Waals surface area contributed by atoms with Gasteiger partial charge in [0, 0.05) is 5.69 Å². The second-order valence-electron chi connectivity index (χ2n) is 5.57. The maximum absolute atomic E-state index is 13.8. The van der Waals surface area contributed by atoms with Crippen LogP contribution >= 0.6 is 0 Å². The van der Waals surface area contributed by atoms with Crippen molar-refractivity contribution in [2.45, 2.75) is 6.92 Å². The van der Waals surface area contributed by atoms with Crippen molar-refractivity contribution in [3.63, 3.8) is 0 Å². The van der Waals surface area contributed by atoms with Crippen molar-refractivity contribution in [3.8, 4) is 5.75 Å². The van der Waals surface area contributed by atoms with Crippen molar-refractivity contribution >= 4 is 34.6 Å². The van der Waals surface area contributed by atoms with Gasteiger partial charge < -0.3 is 21.1 Å². The first-order valence-electron chi connectivity index (χ1n) is 8.31. The van der Waals surface area contributed by atoms with Crippen LogP contribution in [0.5, 0.6) is 5.75 Å². The number of nitrogens with zero attached hydrogens (tertiary/aromatic N) is 3. The average molecular weight is 384 g/mol. The molecule has 0 amide bonds. The van der Waals surface area contributed by atoms with Gasteiger partial charge in [0.2, 0.25) is 17.6 Å². The number of nitrogens with one attached hydrogen (secondary N) is 2. The van der Waals surface area contributed by atoms with Crippen LogP contribution < -0.4 is 21.1 Å². The van der Waals surface area contributed by atoms with E-state index in [9.17, 15) is 14.5 Å². The summed E-state index contributed by atoms with van der Waals surface area (Å²) in [6, 6.07) is 12.7. The summed E-state index contributed by atoms with van der Waals surface area (Å²) in [6.07, 6.45) is 0. The number of ether oxygens (including phenoxy) is 1. The van der Waals surface area contributed by atoms with Crippen LogP contribution in [0.15, 0.2) is 48.5 Å². The Bertz CT molecular complexity index is 997. The quantitative estimate of drug-likeness (QED) is 0.412. The number of nitro groups is 1. The fourth-order valence-electron chi connectivity index (χ4n) is 2.42. The molecular weight excluding hydrogens is 367 g/mol. The van der Waals surface area contributed by atoms with E-state index in [2.05, 4.69) is 20.6 Å². The number of nitrogens with two attached hydrogens (primary N) is 1. The number of hydrogen-bond donors (Lipinski definition) is 3. The van der Waals surface area contributed by atoms with Gasteiger partial charge in [-0.05, 0) is 43.3 Å². The highest BCUT2D eigenvalue weighted by atomic mass is 19.1. The molecule has 0 bridgehead atoms. The maximum Gasteiger partial charge on any atom is 0.353 e. The van der Waals surface area contributed by atoms with Crippen LogP contribution in [0.4, 0.5) is 39.0 Å². The molecule has 144 valence electrons. The summed E-state index contributed by atoms with van der Waals surface area (Å²) >= 11 is 0. The predicted molar refractivity (Wildman–Crippen MR) is 104 cm³/mol. The number of hydrogen-bond acceptors (Lipinski definition) is 8. The van der Waals surface area contributed by atoms with E-state index in [0.29, 0.717) is 18.0 Å². The van der Waals surface area contributed by atoms with Crippen LogP contribution in [0.3, 0.4) is 0 Å². The molecule has 0 radical (unpaired) electrons. The number of halogens is 1. The number of nitrogen functional groups attached to an aromatic ring is 1. The van der Waals surface area contributed by atoms with Crippen molar-refractivity contribution in [2.75, 3.05) is 23.0 Å². The van der Waals surface area contributed by atoms with E-state index in [1.807, 2.05) is 6.92 Å². The summed E-state index contributed by atoms with van der Waals surface area (Å²) in [5, 5.41) is 16.9. The van der Waals surface area contributed by atoms with Crippen LogP contribution in [0.1, 0.15) is 6.92 Å². The van der Waals surface area contributed by atoms with E-state index in [-0.39, 0.29) is 23.3 Å². The lowest BCUT2D eigenvalue weighted by atomic mass is 10.3. The van der Waals surface area contributed by atoms with Crippen LogP contribution in [-0.4, -0.2) is 21.5 Å². The molecule has 4 N–H and O–H groups in total. The Morgan fingerprint density at radius 2 is 1.86 bits per heavy atom. The Labute approximate surface area is 159 Å². The summed E-state index contributed by atoms with van der Waals surface area (Å²) in [7, 11) is 0. The number of para-hydroxylation sites is 1. The standard InChI is InChI=1S/C18H17FN6O3/c1-2-28-12-9-7-11(8-10-12)21-17-15(25(26)27)16(20)23-18(24-17)22-14-6-4-3-5-13(14)19/h3-10H,2H2,1H3,(H4,20,21,22,23,24). The average Bonchev–Trinajstić information content (AvgIpc) is 2.65. The Hall–Kier alpha value is -3.95. The first-order chi connectivity index (χ1) is 13.5. The molecular formula is C18H17FN6O3. The van der Waals surface area contributed by atoms with E-state index in [4.69, 9.17) is 10.5 Å². The normalized spacial score (nSPS) is 10.4. The van der Waals surface area contributed by atoms with Crippen LogP contribution in [0.25, 0.3) is 0 Å². The van der Waals surface area contributed by atoms with Gasteiger partial charge in [-0.1, -0.05) is 12.1 Å². The Balaban J connectivity index is 1.94. The Morgan fingerprint density at radius 3 is 2.50 bits per heavy atom. The summed E-state index contributed by atoms with van der Waals surface area (Å²) in [6.45, 7) is 2.38. The van der Waals surface area contributed by atoms with E-state index in [0.717, 1.165) is 0 Å². The van der Waals surface area contributed by atoms with Crippen molar-refractivity contribution in [1.29, 1.82) is 0 Å². The first-order valence-corrected chi connectivity index (χ1v) is 8.31. The fraction of sp³-hybridized carbons (Fsp3) is 0.111. The molecule has 9 nitrogen and oxygen atoms in total. The predicted octanol–water partition coefficient (Wildman–Crippen LogP) is 3.99. The first kappa shape index (κ1) is 18.8. The largest absolute Gasteiger partial charge is 0.494 e. The van der Waals surface area contributed by atoms with Gasteiger partial charge >= 0.3 is 5.69 Å². The molecule has 0 aliphatic heterocycles. The summed E-state index contributed by atoms with van der Waals surface area (Å²) in [5.41, 5.74) is 5.91. The minimum atomic E-state index is -0.681. The van der Waals surface area contributed by atoms with Gasteiger partial charge in [-0.25, -0.2) is 4.39 Å². The fourth-order valence-corrected chi connectivity index (χ4v) is 2.42. The third-order valence-electron chi connectivity index (χ3n) is 3.64. The number of aromatic nitrogens is 2. The molecule has 2 aromatic carbocycles. The van der Waals surface area contributed by atoms with E-state index < -0.39 is 16.4 Å². The molecule has 0 aliphatic rings. The molecule has 10 heteroatoms. The highest BCUT2D eigenvalue weighted by Gasteiger charge is 2.23. The van der Waals surface area contributed by atoms with Crippen molar-refractivity contribution in [1.82, 2.24) is 9.97 Å². The molecule has 0 aliphatic carbocycles. The van der Waals surface area contributed by atoms with Gasteiger partial charge in [-0.2, -0.15) is 9.97 Å². The highest BCUT2D eigenvalue weighted by Crippen LogP contribution is 2.32. The minimum absolute atomic E-state index is 0.0818. The van der Waals surface area contributed by atoms with Gasteiger partial charge in [-0.3, -0.25) is 10.1 Å². The number of benzene rings is 2. The van der Waals surface area contributed by atoms with Crippen molar-refractivity contribution in [2.24, 2.45) is 0 Å². The Morgan fingerprint density at radius 1 is 1.14 bits per heavy atom. The monoisotopic (exact) mass is 384 g/mol. The minimum Gasteiger partial charge on any atom is -0.494 e. The van der Waals surface area contributed by atoms with Crippen LogP contribution in [-0.2, 0) is 0 Å². The zero-order valence-corrected chi connectivity index (χ0v) is 14.8. The second-order valence-corrected chi connectivity index (χ2v) is 5.57. The second kappa shape index (κ2) is 8.16. The molecule has 0 saturated carbocycles. The number of anilines is 5. The van der Waals surface area contributed by atoms with Gasteiger partial charge in [0.25, 0.3) is 0 Å². The smallest absolute Gasteiger partial charge is 0.353 e. The molecule has 0 spiro atoms. The highest BCUT2D eigenvalue weighted by molar-refractivity contribution is 5.75. The third kappa shape index (κ3) is 4.23. The molecule has 0 fully saturated rings. The van der Waals surface area contributed by atoms with Gasteiger partial charge in [0.05, 0.1) is 17.2 Å². The molecule has 3 rings (SSSR count). The Kier molecular flexibility index (Phi) is 5.49. The maximum atomic E-state index is 13.8. The molecule has 0 atom stereocenters. The summed E-state index contributed by atoms with van der Waals surface area (Å²) in [4.78, 5) is 18.7. The lowest BCUT2D eigenvalue weighted by Gasteiger charge is -2.11. The number of rotatable bonds is 7. The molecule has 0 saturated heterocycles. The zero-order chi connectivity index (χ0) is 20.1. The van der Waals surface area contributed by atoms with E-state index in [1.54, 1.807) is 30.3 Å². The van der Waals surface area contributed by atoms with Crippen molar-refractivity contribution < 1.29 is 14.1 Å².